The predicted octanol–water partition coefficient (Wildman–Crippen LogP) is 3.34. The van der Waals surface area contributed by atoms with Gasteiger partial charge in [0.1, 0.15) is 16.7 Å². The van der Waals surface area contributed by atoms with E-state index in [1.54, 1.807) is 12.1 Å². The summed E-state index contributed by atoms with van der Waals surface area (Å²) < 4.78 is 10.9. The molecule has 0 spiro atoms. The Hall–Kier alpha value is -3.26. The Balaban J connectivity index is 1.46. The first-order valence-corrected chi connectivity index (χ1v) is 10.3. The van der Waals surface area contributed by atoms with Crippen LogP contribution in [0.4, 0.5) is 0 Å². The van der Waals surface area contributed by atoms with E-state index in [1.807, 2.05) is 32.0 Å². The van der Waals surface area contributed by atoms with Crippen molar-refractivity contribution in [3.8, 4) is 17.0 Å². The largest absolute Gasteiger partial charge is 0.487 e. The first kappa shape index (κ1) is 20.0. The molecule has 3 heterocycles. The van der Waals surface area contributed by atoms with E-state index in [9.17, 15) is 9.59 Å². The van der Waals surface area contributed by atoms with E-state index in [0.29, 0.717) is 29.1 Å². The fourth-order valence-corrected chi connectivity index (χ4v) is 4.31. The fourth-order valence-electron chi connectivity index (χ4n) is 3.47. The number of nitrogens with zero attached hydrogens (tertiary/aromatic N) is 2. The lowest BCUT2D eigenvalue weighted by atomic mass is 10.0. The van der Waals surface area contributed by atoms with Crippen LogP contribution in [0.3, 0.4) is 0 Å². The second-order valence-corrected chi connectivity index (χ2v) is 8.22. The van der Waals surface area contributed by atoms with Crippen molar-refractivity contribution < 1.29 is 19.1 Å². The summed E-state index contributed by atoms with van der Waals surface area (Å²) >= 11 is 1.39. The van der Waals surface area contributed by atoms with Gasteiger partial charge in [0.25, 0.3) is 5.91 Å². The average Bonchev–Trinajstić information content (AvgIpc) is 3.33. The van der Waals surface area contributed by atoms with Crippen molar-refractivity contribution in [2.24, 2.45) is 0 Å². The highest BCUT2D eigenvalue weighted by Crippen LogP contribution is 2.38. The van der Waals surface area contributed by atoms with Gasteiger partial charge in [-0.2, -0.15) is 0 Å². The van der Waals surface area contributed by atoms with Crippen LogP contribution in [0.15, 0.2) is 36.5 Å². The molecule has 1 aliphatic heterocycles. The van der Waals surface area contributed by atoms with Crippen LogP contribution >= 0.6 is 11.3 Å². The third kappa shape index (κ3) is 3.91. The maximum absolute atomic E-state index is 12.5. The molecule has 0 aliphatic carbocycles. The first-order valence-electron chi connectivity index (χ1n) is 9.51. The summed E-state index contributed by atoms with van der Waals surface area (Å²) in [5.41, 5.74) is 3.76. The summed E-state index contributed by atoms with van der Waals surface area (Å²) in [6.07, 6.45) is 2.03. The van der Waals surface area contributed by atoms with Gasteiger partial charge in [0, 0.05) is 18.2 Å². The van der Waals surface area contributed by atoms with Gasteiger partial charge in [-0.15, -0.1) is 11.3 Å². The lowest BCUT2D eigenvalue weighted by Crippen LogP contribution is -2.34. The van der Waals surface area contributed by atoms with Gasteiger partial charge in [-0.25, -0.2) is 9.78 Å². The van der Waals surface area contributed by atoms with Crippen molar-refractivity contribution >= 4 is 23.2 Å². The zero-order valence-corrected chi connectivity index (χ0v) is 17.7. The Bertz CT molecular complexity index is 1110. The summed E-state index contributed by atoms with van der Waals surface area (Å²) in [4.78, 5) is 33.4. The van der Waals surface area contributed by atoms with Gasteiger partial charge in [-0.3, -0.25) is 9.78 Å². The number of esters is 1. The zero-order chi connectivity index (χ0) is 21.3. The number of carbonyl (C=O) groups excluding carboxylic acids is 2. The van der Waals surface area contributed by atoms with E-state index in [-0.39, 0.29) is 12.0 Å². The summed E-state index contributed by atoms with van der Waals surface area (Å²) in [5, 5.41) is 3.83. The van der Waals surface area contributed by atoms with E-state index in [0.717, 1.165) is 27.6 Å². The van der Waals surface area contributed by atoms with Gasteiger partial charge in [0.15, 0.2) is 0 Å². The molecule has 2 aromatic heterocycles. The molecule has 0 saturated carbocycles. The number of aromatic nitrogens is 2. The number of rotatable bonds is 5. The molecule has 0 fully saturated rings. The first-order chi connectivity index (χ1) is 14.5. The summed E-state index contributed by atoms with van der Waals surface area (Å²) in [6.45, 7) is 4.13. The van der Waals surface area contributed by atoms with E-state index >= 15 is 0 Å². The van der Waals surface area contributed by atoms with Crippen LogP contribution < -0.4 is 10.1 Å². The monoisotopic (exact) mass is 423 g/mol. The standard InChI is InChI=1S/C22H21N3O4S/c1-12-20(30-13(2)25-12)21(26)24-11-16-9-14-5-4-6-17(19(14)29-16)18-8-7-15(10-23-18)22(27)28-3/h4-8,10,16H,9,11H2,1-3H3,(H,24,26). The fraction of sp³-hybridized carbons (Fsp3) is 0.273. The van der Waals surface area contributed by atoms with Crippen molar-refractivity contribution in [1.82, 2.24) is 15.3 Å². The van der Waals surface area contributed by atoms with Gasteiger partial charge in [-0.1, -0.05) is 12.1 Å². The number of fused-ring (bicyclic) bond motifs is 1. The van der Waals surface area contributed by atoms with E-state index in [4.69, 9.17) is 9.47 Å². The zero-order valence-electron chi connectivity index (χ0n) is 16.9. The third-order valence-corrected chi connectivity index (χ3v) is 5.96. The van der Waals surface area contributed by atoms with Crippen LogP contribution in [0.5, 0.6) is 5.75 Å². The number of thiazole rings is 1. The molecular formula is C22H21N3O4S. The lowest BCUT2D eigenvalue weighted by molar-refractivity contribution is 0.0600. The minimum Gasteiger partial charge on any atom is -0.487 e. The Morgan fingerprint density at radius 3 is 2.77 bits per heavy atom. The van der Waals surface area contributed by atoms with Crippen LogP contribution in [-0.4, -0.2) is 41.6 Å². The van der Waals surface area contributed by atoms with E-state index in [2.05, 4.69) is 15.3 Å². The third-order valence-electron chi connectivity index (χ3n) is 4.89. The van der Waals surface area contributed by atoms with Crippen molar-refractivity contribution in [2.45, 2.75) is 26.4 Å². The molecule has 7 nitrogen and oxygen atoms in total. The summed E-state index contributed by atoms with van der Waals surface area (Å²) in [6, 6.07) is 9.36. The Labute approximate surface area is 178 Å². The number of nitrogens with one attached hydrogen (secondary N) is 1. The number of para-hydroxylation sites is 1. The lowest BCUT2D eigenvalue weighted by Gasteiger charge is -2.13. The molecule has 1 aliphatic rings. The van der Waals surface area contributed by atoms with Crippen molar-refractivity contribution in [3.63, 3.8) is 0 Å². The molecule has 30 heavy (non-hydrogen) atoms. The molecular weight excluding hydrogens is 402 g/mol. The van der Waals surface area contributed by atoms with Gasteiger partial charge in [0.2, 0.25) is 0 Å². The molecule has 0 saturated heterocycles. The smallest absolute Gasteiger partial charge is 0.339 e. The normalized spacial score (nSPS) is 14.7. The molecule has 1 amide bonds. The van der Waals surface area contributed by atoms with E-state index in [1.165, 1.54) is 24.6 Å². The van der Waals surface area contributed by atoms with Crippen LogP contribution in [0.1, 0.15) is 36.3 Å². The van der Waals surface area contributed by atoms with E-state index < -0.39 is 5.97 Å². The minimum atomic E-state index is -0.425. The topological polar surface area (TPSA) is 90.4 Å². The van der Waals surface area contributed by atoms with Gasteiger partial charge >= 0.3 is 5.97 Å². The number of aryl methyl sites for hydroxylation is 2. The number of hydrogen-bond donors (Lipinski definition) is 1. The maximum Gasteiger partial charge on any atom is 0.339 e. The summed E-state index contributed by atoms with van der Waals surface area (Å²) in [5.74, 6) is 0.212. The number of ether oxygens (including phenoxy) is 2. The Kier molecular flexibility index (Phi) is 5.50. The number of methoxy groups -OCH3 is 1. The molecule has 8 heteroatoms. The van der Waals surface area contributed by atoms with Crippen molar-refractivity contribution in [3.05, 3.63) is 63.2 Å². The molecule has 1 atom stereocenters. The average molecular weight is 423 g/mol. The molecule has 1 N–H and O–H groups in total. The Morgan fingerprint density at radius 1 is 1.27 bits per heavy atom. The number of hydrogen-bond acceptors (Lipinski definition) is 7. The molecule has 3 aromatic rings. The Morgan fingerprint density at radius 2 is 2.10 bits per heavy atom. The molecule has 1 aromatic carbocycles. The van der Waals surface area contributed by atoms with Crippen LogP contribution in [0, 0.1) is 13.8 Å². The molecule has 4 rings (SSSR count). The van der Waals surface area contributed by atoms with Gasteiger partial charge in [0.05, 0.1) is 35.6 Å². The number of pyridine rings is 1. The minimum absolute atomic E-state index is 0.127. The highest BCUT2D eigenvalue weighted by atomic mass is 32.1. The van der Waals surface area contributed by atoms with Crippen LogP contribution in [0.25, 0.3) is 11.3 Å². The van der Waals surface area contributed by atoms with Crippen LogP contribution in [0.2, 0.25) is 0 Å². The van der Waals surface area contributed by atoms with Crippen molar-refractivity contribution in [2.75, 3.05) is 13.7 Å². The number of amides is 1. The van der Waals surface area contributed by atoms with Crippen LogP contribution in [-0.2, 0) is 11.2 Å². The van der Waals surface area contributed by atoms with Gasteiger partial charge < -0.3 is 14.8 Å². The molecule has 1 unspecified atom stereocenters. The summed E-state index contributed by atoms with van der Waals surface area (Å²) in [7, 11) is 1.34. The predicted molar refractivity (Wildman–Crippen MR) is 113 cm³/mol. The highest BCUT2D eigenvalue weighted by molar-refractivity contribution is 7.13. The molecule has 0 radical (unpaired) electrons. The van der Waals surface area contributed by atoms with Crippen molar-refractivity contribution in [1.29, 1.82) is 0 Å². The van der Waals surface area contributed by atoms with Gasteiger partial charge in [-0.05, 0) is 37.6 Å². The maximum atomic E-state index is 12.5. The highest BCUT2D eigenvalue weighted by Gasteiger charge is 2.27. The second kappa shape index (κ2) is 8.23. The SMILES string of the molecule is COC(=O)c1ccc(-c2cccc3c2OC(CNC(=O)c2sc(C)nc2C)C3)nc1. The second-order valence-electron chi connectivity index (χ2n) is 7.02. The molecule has 0 bridgehead atoms. The molecule has 154 valence electrons. The quantitative estimate of drug-likeness (QED) is 0.633. The number of benzene rings is 1. The number of carbonyl (C=O) groups is 2.